The summed E-state index contributed by atoms with van der Waals surface area (Å²) >= 11 is 0. The molecular weight excluding hydrogens is 362 g/mol. The summed E-state index contributed by atoms with van der Waals surface area (Å²) in [6.07, 6.45) is 3.70. The molecule has 0 aliphatic carbocycles. The van der Waals surface area contributed by atoms with Gasteiger partial charge >= 0.3 is 0 Å². The predicted octanol–water partition coefficient (Wildman–Crippen LogP) is 4.61. The quantitative estimate of drug-likeness (QED) is 0.669. The SMILES string of the molecule is Cc1onc(-c2ccccc2)c1C(=O)NC[C@H](c1ccccc1)N1CCCCC1. The van der Waals surface area contributed by atoms with E-state index < -0.39 is 0 Å². The Morgan fingerprint density at radius 1 is 1.03 bits per heavy atom. The Morgan fingerprint density at radius 2 is 1.69 bits per heavy atom. The van der Waals surface area contributed by atoms with Gasteiger partial charge in [-0.1, -0.05) is 72.2 Å². The Balaban J connectivity index is 1.54. The first-order chi connectivity index (χ1) is 14.2. The van der Waals surface area contributed by atoms with Crippen molar-refractivity contribution in [2.45, 2.75) is 32.2 Å². The number of piperidine rings is 1. The van der Waals surface area contributed by atoms with E-state index in [0.29, 0.717) is 23.6 Å². The Kier molecular flexibility index (Phi) is 6.06. The van der Waals surface area contributed by atoms with Crippen molar-refractivity contribution in [2.24, 2.45) is 0 Å². The summed E-state index contributed by atoms with van der Waals surface area (Å²) in [4.78, 5) is 15.6. The van der Waals surface area contributed by atoms with E-state index in [1.165, 1.54) is 24.8 Å². The van der Waals surface area contributed by atoms with Gasteiger partial charge in [0.15, 0.2) is 0 Å². The van der Waals surface area contributed by atoms with Crippen molar-refractivity contribution in [2.75, 3.05) is 19.6 Å². The summed E-state index contributed by atoms with van der Waals surface area (Å²) in [5.74, 6) is 0.399. The van der Waals surface area contributed by atoms with E-state index in [-0.39, 0.29) is 11.9 Å². The minimum Gasteiger partial charge on any atom is -0.360 e. The van der Waals surface area contributed by atoms with Crippen LogP contribution < -0.4 is 5.32 Å². The summed E-state index contributed by atoms with van der Waals surface area (Å²) in [5, 5.41) is 7.29. The van der Waals surface area contributed by atoms with Crippen LogP contribution in [0.2, 0.25) is 0 Å². The van der Waals surface area contributed by atoms with E-state index in [4.69, 9.17) is 4.52 Å². The zero-order valence-corrected chi connectivity index (χ0v) is 16.8. The van der Waals surface area contributed by atoms with E-state index in [2.05, 4.69) is 39.6 Å². The average Bonchev–Trinajstić information content (AvgIpc) is 3.17. The maximum absolute atomic E-state index is 13.1. The standard InChI is InChI=1S/C24H27N3O2/c1-18-22(23(26-29-18)20-13-7-3-8-14-20)24(28)25-17-21(19-11-5-2-6-12-19)27-15-9-4-10-16-27/h2-3,5-8,11-14,21H,4,9-10,15-17H2,1H3,(H,25,28)/t21-/m1/s1. The summed E-state index contributed by atoms with van der Waals surface area (Å²) in [6, 6.07) is 20.3. The van der Waals surface area contributed by atoms with E-state index >= 15 is 0 Å². The molecule has 0 radical (unpaired) electrons. The average molecular weight is 389 g/mol. The monoisotopic (exact) mass is 389 g/mol. The summed E-state index contributed by atoms with van der Waals surface area (Å²) in [5.41, 5.74) is 3.22. The molecule has 2 heterocycles. The lowest BCUT2D eigenvalue weighted by atomic mass is 10.0. The molecule has 1 saturated heterocycles. The fraction of sp³-hybridized carbons (Fsp3) is 0.333. The Hall–Kier alpha value is -2.92. The lowest BCUT2D eigenvalue weighted by Gasteiger charge is -2.35. The summed E-state index contributed by atoms with van der Waals surface area (Å²) < 4.78 is 5.36. The van der Waals surface area contributed by atoms with Crippen LogP contribution in [-0.2, 0) is 0 Å². The maximum Gasteiger partial charge on any atom is 0.257 e. The highest BCUT2D eigenvalue weighted by Gasteiger charge is 2.25. The highest BCUT2D eigenvalue weighted by atomic mass is 16.5. The van der Waals surface area contributed by atoms with Gasteiger partial charge in [0.05, 0.1) is 6.04 Å². The lowest BCUT2D eigenvalue weighted by Crippen LogP contribution is -2.40. The number of nitrogens with zero attached hydrogens (tertiary/aromatic N) is 2. The number of hydrogen-bond acceptors (Lipinski definition) is 4. The number of aryl methyl sites for hydroxylation is 1. The van der Waals surface area contributed by atoms with Crippen molar-refractivity contribution < 1.29 is 9.32 Å². The molecule has 29 heavy (non-hydrogen) atoms. The highest BCUT2D eigenvalue weighted by Crippen LogP contribution is 2.27. The summed E-state index contributed by atoms with van der Waals surface area (Å²) in [7, 11) is 0. The maximum atomic E-state index is 13.1. The van der Waals surface area contributed by atoms with Crippen molar-refractivity contribution >= 4 is 5.91 Å². The zero-order valence-electron chi connectivity index (χ0n) is 16.8. The second-order valence-electron chi connectivity index (χ2n) is 7.56. The number of benzene rings is 2. The highest BCUT2D eigenvalue weighted by molar-refractivity contribution is 6.00. The smallest absolute Gasteiger partial charge is 0.257 e. The number of likely N-dealkylation sites (tertiary alicyclic amines) is 1. The van der Waals surface area contributed by atoms with Gasteiger partial charge in [-0.3, -0.25) is 9.69 Å². The number of nitrogens with one attached hydrogen (secondary N) is 1. The normalized spacial score (nSPS) is 15.8. The molecule has 1 N–H and O–H groups in total. The largest absolute Gasteiger partial charge is 0.360 e. The van der Waals surface area contributed by atoms with Gasteiger partial charge in [-0.2, -0.15) is 0 Å². The molecule has 1 aliphatic rings. The first-order valence-corrected chi connectivity index (χ1v) is 10.3. The van der Waals surface area contributed by atoms with E-state index in [0.717, 1.165) is 18.7 Å². The molecule has 1 aromatic heterocycles. The third-order valence-electron chi connectivity index (χ3n) is 5.61. The fourth-order valence-corrected chi connectivity index (χ4v) is 4.07. The second-order valence-corrected chi connectivity index (χ2v) is 7.56. The van der Waals surface area contributed by atoms with Crippen LogP contribution in [0.5, 0.6) is 0 Å². The number of carbonyl (C=O) groups is 1. The van der Waals surface area contributed by atoms with Gasteiger partial charge in [-0.05, 0) is 38.4 Å². The molecule has 1 atom stereocenters. The van der Waals surface area contributed by atoms with Crippen molar-refractivity contribution in [3.63, 3.8) is 0 Å². The minimum atomic E-state index is -0.138. The molecule has 0 saturated carbocycles. The zero-order chi connectivity index (χ0) is 20.1. The molecule has 150 valence electrons. The van der Waals surface area contributed by atoms with E-state index in [1.807, 2.05) is 36.4 Å². The van der Waals surface area contributed by atoms with Gasteiger partial charge in [-0.15, -0.1) is 0 Å². The van der Waals surface area contributed by atoms with Crippen LogP contribution in [-0.4, -0.2) is 35.6 Å². The van der Waals surface area contributed by atoms with Gasteiger partial charge in [0.1, 0.15) is 17.0 Å². The Morgan fingerprint density at radius 3 is 2.38 bits per heavy atom. The van der Waals surface area contributed by atoms with Gasteiger partial charge in [0, 0.05) is 12.1 Å². The predicted molar refractivity (Wildman–Crippen MR) is 114 cm³/mol. The molecule has 4 rings (SSSR count). The van der Waals surface area contributed by atoms with Crippen LogP contribution in [0.15, 0.2) is 65.2 Å². The molecule has 1 amide bonds. The molecule has 3 aromatic rings. The van der Waals surface area contributed by atoms with Crippen LogP contribution >= 0.6 is 0 Å². The Labute approximate surface area is 171 Å². The molecular formula is C24H27N3O2. The van der Waals surface area contributed by atoms with Crippen molar-refractivity contribution in [1.29, 1.82) is 0 Å². The molecule has 0 bridgehead atoms. The number of rotatable bonds is 6. The number of amides is 1. The van der Waals surface area contributed by atoms with Gasteiger partial charge < -0.3 is 9.84 Å². The van der Waals surface area contributed by atoms with Crippen molar-refractivity contribution in [3.05, 3.63) is 77.6 Å². The van der Waals surface area contributed by atoms with Crippen LogP contribution in [0.3, 0.4) is 0 Å². The number of aromatic nitrogens is 1. The number of carbonyl (C=O) groups excluding carboxylic acids is 1. The van der Waals surface area contributed by atoms with Crippen LogP contribution in [0, 0.1) is 6.92 Å². The molecule has 1 fully saturated rings. The molecule has 2 aromatic carbocycles. The van der Waals surface area contributed by atoms with Gasteiger partial charge in [0.25, 0.3) is 5.91 Å². The second kappa shape index (κ2) is 9.05. The fourth-order valence-electron chi connectivity index (χ4n) is 4.07. The van der Waals surface area contributed by atoms with Crippen LogP contribution in [0.1, 0.15) is 47.0 Å². The summed E-state index contributed by atoms with van der Waals surface area (Å²) in [6.45, 7) is 4.48. The van der Waals surface area contributed by atoms with Gasteiger partial charge in [0.2, 0.25) is 0 Å². The van der Waals surface area contributed by atoms with Crippen LogP contribution in [0.4, 0.5) is 0 Å². The number of hydrogen-bond donors (Lipinski definition) is 1. The molecule has 1 aliphatic heterocycles. The molecule has 5 nitrogen and oxygen atoms in total. The van der Waals surface area contributed by atoms with Crippen LogP contribution in [0.25, 0.3) is 11.3 Å². The molecule has 0 unspecified atom stereocenters. The Bertz CT molecular complexity index is 931. The van der Waals surface area contributed by atoms with Gasteiger partial charge in [-0.25, -0.2) is 0 Å². The molecule has 0 spiro atoms. The third-order valence-corrected chi connectivity index (χ3v) is 5.61. The molecule has 5 heteroatoms. The van der Waals surface area contributed by atoms with E-state index in [9.17, 15) is 4.79 Å². The van der Waals surface area contributed by atoms with E-state index in [1.54, 1.807) is 6.92 Å². The first kappa shape index (κ1) is 19.4. The minimum absolute atomic E-state index is 0.138. The lowest BCUT2D eigenvalue weighted by molar-refractivity contribution is 0.0923. The topological polar surface area (TPSA) is 58.4 Å². The van der Waals surface area contributed by atoms with Crippen molar-refractivity contribution in [1.82, 2.24) is 15.4 Å². The third kappa shape index (κ3) is 4.40. The first-order valence-electron chi connectivity index (χ1n) is 10.3. The van der Waals surface area contributed by atoms with Crippen molar-refractivity contribution in [3.8, 4) is 11.3 Å².